The summed E-state index contributed by atoms with van der Waals surface area (Å²) in [5.41, 5.74) is 0. The minimum atomic E-state index is -0.418. The Hall–Kier alpha value is -1.06. The molecule has 0 aliphatic heterocycles. The van der Waals surface area contributed by atoms with Crippen molar-refractivity contribution < 1.29 is 4.42 Å². The van der Waals surface area contributed by atoms with Gasteiger partial charge in [0, 0.05) is 5.92 Å². The molecular weight excluding hydrogens is 168 g/mol. The first-order chi connectivity index (χ1) is 6.36. The Morgan fingerprint density at radius 3 is 2.54 bits per heavy atom. The van der Waals surface area contributed by atoms with Gasteiger partial charge in [-0.2, -0.15) is 0 Å². The van der Waals surface area contributed by atoms with E-state index >= 15 is 0 Å². The largest absolute Gasteiger partial charge is 0.434 e. The molecule has 0 spiro atoms. The topological polar surface area (TPSA) is 58.9 Å². The molecule has 0 aromatic carbocycles. The molecule has 1 N–H and O–H groups in total. The summed E-state index contributed by atoms with van der Waals surface area (Å²) >= 11 is 0. The van der Waals surface area contributed by atoms with E-state index in [9.17, 15) is 4.79 Å². The second-order valence-electron chi connectivity index (χ2n) is 4.09. The maximum Gasteiger partial charge on any atom is 0.434 e. The van der Waals surface area contributed by atoms with Gasteiger partial charge in [0.25, 0.3) is 0 Å². The molecule has 2 fully saturated rings. The van der Waals surface area contributed by atoms with Gasteiger partial charge in [0.1, 0.15) is 0 Å². The third kappa shape index (κ3) is 1.04. The molecule has 1 aromatic rings. The van der Waals surface area contributed by atoms with Crippen LogP contribution >= 0.6 is 0 Å². The van der Waals surface area contributed by atoms with Crippen LogP contribution in [0.1, 0.15) is 37.5 Å². The monoisotopic (exact) mass is 180 g/mol. The molecule has 0 amide bonds. The van der Waals surface area contributed by atoms with Gasteiger partial charge in [-0.3, -0.25) is 0 Å². The molecule has 70 valence electrons. The molecule has 2 atom stereocenters. The predicted molar refractivity (Wildman–Crippen MR) is 45.3 cm³/mol. The number of hydrogen-bond acceptors (Lipinski definition) is 3. The first-order valence-electron chi connectivity index (χ1n) is 4.91. The highest BCUT2D eigenvalue weighted by atomic mass is 16.4. The molecule has 2 aliphatic carbocycles. The van der Waals surface area contributed by atoms with Crippen LogP contribution in [0.3, 0.4) is 0 Å². The van der Waals surface area contributed by atoms with Crippen molar-refractivity contribution in [1.82, 2.24) is 10.2 Å². The average molecular weight is 180 g/mol. The number of hydrogen-bond donors (Lipinski definition) is 1. The molecule has 3 rings (SSSR count). The lowest BCUT2D eigenvalue weighted by Gasteiger charge is -2.04. The molecule has 4 nitrogen and oxygen atoms in total. The Bertz CT molecular complexity index is 356. The predicted octanol–water partition coefficient (Wildman–Crippen LogP) is 1.27. The molecule has 2 unspecified atom stereocenters. The summed E-state index contributed by atoms with van der Waals surface area (Å²) in [4.78, 5) is 10.7. The van der Waals surface area contributed by atoms with Crippen LogP contribution in [0.2, 0.25) is 0 Å². The fourth-order valence-electron chi connectivity index (χ4n) is 2.74. The zero-order valence-corrected chi connectivity index (χ0v) is 7.32. The zero-order chi connectivity index (χ0) is 8.84. The summed E-state index contributed by atoms with van der Waals surface area (Å²) in [5.74, 6) is 2.17. The molecular formula is C9H12N2O2. The Labute approximate surface area is 75.3 Å². The van der Waals surface area contributed by atoms with Gasteiger partial charge in [-0.1, -0.05) is 12.8 Å². The second-order valence-corrected chi connectivity index (χ2v) is 4.09. The molecule has 0 saturated heterocycles. The number of rotatable bonds is 1. The Balaban J connectivity index is 1.85. The maximum absolute atomic E-state index is 10.7. The second kappa shape index (κ2) is 2.47. The SMILES string of the molecule is O=c1[nH]nc(C2C3CCCCC32)o1. The molecule has 2 aliphatic rings. The van der Waals surface area contributed by atoms with Crippen LogP contribution in [0.5, 0.6) is 0 Å². The number of nitrogens with one attached hydrogen (secondary N) is 1. The standard InChI is InChI=1S/C9H12N2O2/c12-9-11-10-8(13-9)7-5-3-1-2-4-6(5)7/h5-7H,1-4H2,(H,11,12). The lowest BCUT2D eigenvalue weighted by Crippen LogP contribution is -1.93. The van der Waals surface area contributed by atoms with Gasteiger partial charge in [0.15, 0.2) is 0 Å². The van der Waals surface area contributed by atoms with Crippen LogP contribution in [-0.2, 0) is 0 Å². The normalized spacial score (nSPS) is 37.1. The van der Waals surface area contributed by atoms with Gasteiger partial charge in [-0.15, -0.1) is 5.10 Å². The van der Waals surface area contributed by atoms with E-state index in [2.05, 4.69) is 10.2 Å². The average Bonchev–Trinajstić information content (AvgIpc) is 2.73. The summed E-state index contributed by atoms with van der Waals surface area (Å²) in [5, 5.41) is 6.23. The van der Waals surface area contributed by atoms with Gasteiger partial charge >= 0.3 is 5.76 Å². The highest BCUT2D eigenvalue weighted by Crippen LogP contribution is 2.60. The summed E-state index contributed by atoms with van der Waals surface area (Å²) in [6.45, 7) is 0. The van der Waals surface area contributed by atoms with Crippen molar-refractivity contribution in [2.75, 3.05) is 0 Å². The quantitative estimate of drug-likeness (QED) is 0.707. The van der Waals surface area contributed by atoms with Crippen molar-refractivity contribution in [3.63, 3.8) is 0 Å². The number of H-pyrrole nitrogens is 1. The zero-order valence-electron chi connectivity index (χ0n) is 7.32. The van der Waals surface area contributed by atoms with Crippen molar-refractivity contribution in [2.45, 2.75) is 31.6 Å². The van der Waals surface area contributed by atoms with Gasteiger partial charge in [-0.25, -0.2) is 9.89 Å². The molecule has 0 bridgehead atoms. The summed E-state index contributed by atoms with van der Waals surface area (Å²) in [6.07, 6.45) is 5.22. The maximum atomic E-state index is 10.7. The van der Waals surface area contributed by atoms with Gasteiger partial charge in [-0.05, 0) is 24.7 Å². The molecule has 1 aromatic heterocycles. The number of aromatic nitrogens is 2. The number of aromatic amines is 1. The molecule has 0 radical (unpaired) electrons. The fourth-order valence-corrected chi connectivity index (χ4v) is 2.74. The third-order valence-electron chi connectivity index (χ3n) is 3.40. The van der Waals surface area contributed by atoms with Crippen molar-refractivity contribution >= 4 is 0 Å². The van der Waals surface area contributed by atoms with Gasteiger partial charge in [0.05, 0.1) is 0 Å². The van der Waals surface area contributed by atoms with E-state index < -0.39 is 5.76 Å². The third-order valence-corrected chi connectivity index (χ3v) is 3.40. The lowest BCUT2D eigenvalue weighted by atomic mass is 10.0. The smallest absolute Gasteiger partial charge is 0.392 e. The van der Waals surface area contributed by atoms with Crippen LogP contribution in [0.15, 0.2) is 9.21 Å². The minimum absolute atomic E-state index is 0.418. The van der Waals surface area contributed by atoms with E-state index in [1.165, 1.54) is 25.7 Å². The number of nitrogens with zero attached hydrogens (tertiary/aromatic N) is 1. The van der Waals surface area contributed by atoms with Crippen LogP contribution in [0, 0.1) is 11.8 Å². The summed E-state index contributed by atoms with van der Waals surface area (Å²) in [7, 11) is 0. The van der Waals surface area contributed by atoms with Crippen LogP contribution in [-0.4, -0.2) is 10.2 Å². The van der Waals surface area contributed by atoms with E-state index in [4.69, 9.17) is 4.42 Å². The van der Waals surface area contributed by atoms with Crippen molar-refractivity contribution in [3.05, 3.63) is 16.4 Å². The lowest BCUT2D eigenvalue weighted by molar-refractivity contribution is 0.453. The minimum Gasteiger partial charge on any atom is -0.392 e. The summed E-state index contributed by atoms with van der Waals surface area (Å²) in [6, 6.07) is 0. The van der Waals surface area contributed by atoms with Crippen molar-refractivity contribution in [3.8, 4) is 0 Å². The van der Waals surface area contributed by atoms with E-state index in [0.717, 1.165) is 11.8 Å². The van der Waals surface area contributed by atoms with Crippen molar-refractivity contribution in [1.29, 1.82) is 0 Å². The van der Waals surface area contributed by atoms with E-state index in [1.807, 2.05) is 0 Å². The highest BCUT2D eigenvalue weighted by molar-refractivity contribution is 5.13. The molecule has 13 heavy (non-hydrogen) atoms. The van der Waals surface area contributed by atoms with Crippen LogP contribution in [0.25, 0.3) is 0 Å². The first kappa shape index (κ1) is 7.35. The first-order valence-corrected chi connectivity index (χ1v) is 4.91. The highest BCUT2D eigenvalue weighted by Gasteiger charge is 2.54. The Kier molecular flexibility index (Phi) is 1.39. The molecule has 1 heterocycles. The van der Waals surface area contributed by atoms with E-state index in [0.29, 0.717) is 11.8 Å². The number of fused-ring (bicyclic) bond motifs is 1. The Morgan fingerprint density at radius 2 is 2.00 bits per heavy atom. The van der Waals surface area contributed by atoms with Crippen molar-refractivity contribution in [2.24, 2.45) is 11.8 Å². The van der Waals surface area contributed by atoms with E-state index in [1.54, 1.807) is 0 Å². The fraction of sp³-hybridized carbons (Fsp3) is 0.778. The molecule has 4 heteroatoms. The van der Waals surface area contributed by atoms with Crippen LogP contribution < -0.4 is 5.76 Å². The summed E-state index contributed by atoms with van der Waals surface area (Å²) < 4.78 is 4.98. The molecule has 2 saturated carbocycles. The van der Waals surface area contributed by atoms with Crippen LogP contribution in [0.4, 0.5) is 0 Å². The van der Waals surface area contributed by atoms with Gasteiger partial charge < -0.3 is 4.42 Å². The Morgan fingerprint density at radius 1 is 1.31 bits per heavy atom. The van der Waals surface area contributed by atoms with E-state index in [-0.39, 0.29) is 0 Å². The van der Waals surface area contributed by atoms with Gasteiger partial charge in [0.2, 0.25) is 5.89 Å².